The SMILES string of the molecule is CCN1C(=O)CNC1c1cccc(Cl)c1. The maximum absolute atomic E-state index is 11.5. The van der Waals surface area contributed by atoms with E-state index in [9.17, 15) is 4.79 Å². The van der Waals surface area contributed by atoms with Gasteiger partial charge >= 0.3 is 0 Å². The Morgan fingerprint density at radius 3 is 3.07 bits per heavy atom. The Bertz CT molecular complexity index is 381. The molecule has 1 atom stereocenters. The zero-order chi connectivity index (χ0) is 10.8. The minimum absolute atomic E-state index is 0.0267. The van der Waals surface area contributed by atoms with Gasteiger partial charge in [0.1, 0.15) is 6.17 Å². The Hall–Kier alpha value is -1.06. The molecule has 1 saturated heterocycles. The number of carbonyl (C=O) groups is 1. The number of likely N-dealkylation sites (N-methyl/N-ethyl adjacent to an activating group) is 1. The molecule has 0 spiro atoms. The van der Waals surface area contributed by atoms with E-state index in [4.69, 9.17) is 11.6 Å². The number of carbonyl (C=O) groups excluding carboxylic acids is 1. The lowest BCUT2D eigenvalue weighted by atomic mass is 10.1. The van der Waals surface area contributed by atoms with Gasteiger partial charge in [0.15, 0.2) is 0 Å². The fraction of sp³-hybridized carbons (Fsp3) is 0.364. The van der Waals surface area contributed by atoms with Gasteiger partial charge in [-0.3, -0.25) is 10.1 Å². The summed E-state index contributed by atoms with van der Waals surface area (Å²) in [6, 6.07) is 7.60. The van der Waals surface area contributed by atoms with Crippen LogP contribution in [0.2, 0.25) is 5.02 Å². The van der Waals surface area contributed by atoms with Crippen LogP contribution in [0.4, 0.5) is 0 Å². The quantitative estimate of drug-likeness (QED) is 0.831. The number of hydrogen-bond donors (Lipinski definition) is 1. The Morgan fingerprint density at radius 2 is 2.40 bits per heavy atom. The summed E-state index contributed by atoms with van der Waals surface area (Å²) in [6.07, 6.45) is -0.0267. The molecule has 1 aromatic carbocycles. The lowest BCUT2D eigenvalue weighted by molar-refractivity contribution is -0.127. The van der Waals surface area contributed by atoms with Crippen molar-refractivity contribution in [2.24, 2.45) is 0 Å². The second kappa shape index (κ2) is 4.21. The summed E-state index contributed by atoms with van der Waals surface area (Å²) >= 11 is 5.92. The minimum Gasteiger partial charge on any atom is -0.322 e. The van der Waals surface area contributed by atoms with Gasteiger partial charge in [0.05, 0.1) is 6.54 Å². The number of benzene rings is 1. The lowest BCUT2D eigenvalue weighted by Gasteiger charge is -2.23. The minimum atomic E-state index is -0.0267. The average molecular weight is 225 g/mol. The Kier molecular flexibility index (Phi) is 2.93. The van der Waals surface area contributed by atoms with Crippen LogP contribution in [0.25, 0.3) is 0 Å². The second-order valence-corrected chi connectivity index (χ2v) is 3.95. The van der Waals surface area contributed by atoms with Crippen molar-refractivity contribution in [3.8, 4) is 0 Å². The van der Waals surface area contributed by atoms with Gasteiger partial charge in [-0.25, -0.2) is 0 Å². The third-order valence-corrected chi connectivity index (χ3v) is 2.82. The van der Waals surface area contributed by atoms with Crippen LogP contribution in [0.15, 0.2) is 24.3 Å². The van der Waals surface area contributed by atoms with Crippen molar-refractivity contribution in [3.05, 3.63) is 34.9 Å². The van der Waals surface area contributed by atoms with E-state index in [1.54, 1.807) is 0 Å². The van der Waals surface area contributed by atoms with E-state index in [-0.39, 0.29) is 12.1 Å². The molecule has 1 amide bonds. The summed E-state index contributed by atoms with van der Waals surface area (Å²) < 4.78 is 0. The standard InChI is InChI=1S/C11H13ClN2O/c1-2-14-10(15)7-13-11(14)8-4-3-5-9(12)6-8/h3-6,11,13H,2,7H2,1H3. The van der Waals surface area contributed by atoms with Crippen LogP contribution in [-0.2, 0) is 4.79 Å². The highest BCUT2D eigenvalue weighted by atomic mass is 35.5. The fourth-order valence-corrected chi connectivity index (χ4v) is 2.07. The summed E-state index contributed by atoms with van der Waals surface area (Å²) in [4.78, 5) is 13.3. The Balaban J connectivity index is 2.27. The van der Waals surface area contributed by atoms with Gasteiger partial charge in [-0.1, -0.05) is 23.7 Å². The summed E-state index contributed by atoms with van der Waals surface area (Å²) in [5.41, 5.74) is 1.04. The fourth-order valence-electron chi connectivity index (χ4n) is 1.87. The zero-order valence-electron chi connectivity index (χ0n) is 8.53. The maximum Gasteiger partial charge on any atom is 0.238 e. The maximum atomic E-state index is 11.5. The molecule has 0 radical (unpaired) electrons. The number of amides is 1. The van der Waals surface area contributed by atoms with E-state index < -0.39 is 0 Å². The van der Waals surface area contributed by atoms with Crippen LogP contribution >= 0.6 is 11.6 Å². The first-order valence-corrected chi connectivity index (χ1v) is 5.38. The molecule has 1 aliphatic heterocycles. The average Bonchev–Trinajstić information content (AvgIpc) is 2.59. The predicted octanol–water partition coefficient (Wildman–Crippen LogP) is 1.79. The third-order valence-electron chi connectivity index (χ3n) is 2.58. The van der Waals surface area contributed by atoms with Crippen LogP contribution < -0.4 is 5.32 Å². The van der Waals surface area contributed by atoms with Gasteiger partial charge in [0, 0.05) is 11.6 Å². The molecular formula is C11H13ClN2O. The number of nitrogens with one attached hydrogen (secondary N) is 1. The molecule has 0 aromatic heterocycles. The van der Waals surface area contributed by atoms with Crippen LogP contribution in [0.3, 0.4) is 0 Å². The molecule has 1 fully saturated rings. The summed E-state index contributed by atoms with van der Waals surface area (Å²) in [5.74, 6) is 0.141. The zero-order valence-corrected chi connectivity index (χ0v) is 9.29. The van der Waals surface area contributed by atoms with Crippen LogP contribution in [0, 0.1) is 0 Å². The van der Waals surface area contributed by atoms with Crippen molar-refractivity contribution >= 4 is 17.5 Å². The van der Waals surface area contributed by atoms with Crippen molar-refractivity contribution in [1.29, 1.82) is 0 Å². The number of rotatable bonds is 2. The van der Waals surface area contributed by atoms with Crippen molar-refractivity contribution < 1.29 is 4.79 Å². The molecule has 80 valence electrons. The molecule has 1 heterocycles. The first kappa shape index (κ1) is 10.5. The number of halogens is 1. The van der Waals surface area contributed by atoms with E-state index in [1.165, 1.54) is 0 Å². The van der Waals surface area contributed by atoms with E-state index in [0.717, 1.165) is 5.56 Å². The molecule has 1 aromatic rings. The van der Waals surface area contributed by atoms with Crippen molar-refractivity contribution in [2.45, 2.75) is 13.1 Å². The normalized spacial score (nSPS) is 21.1. The van der Waals surface area contributed by atoms with Gasteiger partial charge < -0.3 is 4.90 Å². The van der Waals surface area contributed by atoms with Crippen LogP contribution in [0.1, 0.15) is 18.7 Å². The molecule has 1 aliphatic rings. The molecule has 1 unspecified atom stereocenters. The highest BCUT2D eigenvalue weighted by Gasteiger charge is 2.29. The monoisotopic (exact) mass is 224 g/mol. The van der Waals surface area contributed by atoms with E-state index in [1.807, 2.05) is 36.1 Å². The van der Waals surface area contributed by atoms with Crippen molar-refractivity contribution in [3.63, 3.8) is 0 Å². The molecule has 2 rings (SSSR count). The highest BCUT2D eigenvalue weighted by molar-refractivity contribution is 6.30. The predicted molar refractivity (Wildman–Crippen MR) is 59.6 cm³/mol. The first-order chi connectivity index (χ1) is 7.22. The van der Waals surface area contributed by atoms with Crippen LogP contribution in [-0.4, -0.2) is 23.9 Å². The Morgan fingerprint density at radius 1 is 1.60 bits per heavy atom. The molecular weight excluding hydrogens is 212 g/mol. The molecule has 0 saturated carbocycles. The number of hydrogen-bond acceptors (Lipinski definition) is 2. The van der Waals surface area contributed by atoms with Crippen LogP contribution in [0.5, 0.6) is 0 Å². The van der Waals surface area contributed by atoms with Gasteiger partial charge in [0.2, 0.25) is 5.91 Å². The molecule has 4 heteroatoms. The lowest BCUT2D eigenvalue weighted by Crippen LogP contribution is -2.29. The van der Waals surface area contributed by atoms with Gasteiger partial charge in [-0.15, -0.1) is 0 Å². The molecule has 3 nitrogen and oxygen atoms in total. The summed E-state index contributed by atoms with van der Waals surface area (Å²) in [5, 5.41) is 3.87. The molecule has 1 N–H and O–H groups in total. The first-order valence-electron chi connectivity index (χ1n) is 5.00. The van der Waals surface area contributed by atoms with Crippen molar-refractivity contribution in [1.82, 2.24) is 10.2 Å². The molecule has 15 heavy (non-hydrogen) atoms. The third kappa shape index (κ3) is 1.98. The van der Waals surface area contributed by atoms with E-state index in [2.05, 4.69) is 5.32 Å². The second-order valence-electron chi connectivity index (χ2n) is 3.52. The van der Waals surface area contributed by atoms with Gasteiger partial charge in [-0.2, -0.15) is 0 Å². The molecule has 0 aliphatic carbocycles. The summed E-state index contributed by atoms with van der Waals surface area (Å²) in [7, 11) is 0. The topological polar surface area (TPSA) is 32.3 Å². The number of nitrogens with zero attached hydrogens (tertiary/aromatic N) is 1. The van der Waals surface area contributed by atoms with Crippen molar-refractivity contribution in [2.75, 3.05) is 13.1 Å². The highest BCUT2D eigenvalue weighted by Crippen LogP contribution is 2.24. The van der Waals surface area contributed by atoms with E-state index >= 15 is 0 Å². The summed E-state index contributed by atoms with van der Waals surface area (Å²) in [6.45, 7) is 3.09. The molecule has 0 bridgehead atoms. The largest absolute Gasteiger partial charge is 0.322 e. The smallest absolute Gasteiger partial charge is 0.238 e. The van der Waals surface area contributed by atoms with E-state index in [0.29, 0.717) is 18.1 Å². The van der Waals surface area contributed by atoms with Gasteiger partial charge in [-0.05, 0) is 24.6 Å². The van der Waals surface area contributed by atoms with Gasteiger partial charge in [0.25, 0.3) is 0 Å². The Labute approximate surface area is 94.0 Å².